The number of hydrogen-bond donors (Lipinski definition) is 1. The van der Waals surface area contributed by atoms with Crippen molar-refractivity contribution in [2.45, 2.75) is 49.9 Å². The zero-order valence-electron chi connectivity index (χ0n) is 13.0. The second-order valence-electron chi connectivity index (χ2n) is 6.83. The van der Waals surface area contributed by atoms with Crippen molar-refractivity contribution in [3.05, 3.63) is 65.7 Å². The van der Waals surface area contributed by atoms with Gasteiger partial charge >= 0.3 is 0 Å². The largest absolute Gasteiger partial charge is 0.383 e. The molecule has 2 aliphatic heterocycles. The van der Waals surface area contributed by atoms with Gasteiger partial charge in [0.1, 0.15) is 5.60 Å². The highest BCUT2D eigenvalue weighted by Crippen LogP contribution is 2.45. The third-order valence-corrected chi connectivity index (χ3v) is 5.32. The topological polar surface area (TPSA) is 36.4 Å². The van der Waals surface area contributed by atoms with Crippen LogP contribution in [0.4, 0.5) is 4.39 Å². The molecule has 4 rings (SSSR count). The lowest BCUT2D eigenvalue weighted by Crippen LogP contribution is -2.49. The number of benzene rings is 1. The minimum absolute atomic E-state index is 0.337. The van der Waals surface area contributed by atoms with Gasteiger partial charge in [-0.1, -0.05) is 36.4 Å². The summed E-state index contributed by atoms with van der Waals surface area (Å²) in [5.74, 6) is -0.519. The fraction of sp³-hybridized carbons (Fsp3) is 0.421. The molecule has 1 aromatic heterocycles. The molecular formula is C19H21FN2O. The average Bonchev–Trinajstić information content (AvgIpc) is 2.80. The lowest BCUT2D eigenvalue weighted by atomic mass is 9.83. The fourth-order valence-electron chi connectivity index (χ4n) is 4.25. The molecule has 2 fully saturated rings. The quantitative estimate of drug-likeness (QED) is 0.884. The first kappa shape index (κ1) is 14.8. The highest BCUT2D eigenvalue weighted by molar-refractivity contribution is 5.20. The number of hydrogen-bond acceptors (Lipinski definition) is 3. The van der Waals surface area contributed by atoms with Gasteiger partial charge in [-0.3, -0.25) is 4.90 Å². The summed E-state index contributed by atoms with van der Waals surface area (Å²) >= 11 is 0. The molecule has 2 bridgehead atoms. The number of piperidine rings is 1. The molecular weight excluding hydrogens is 291 g/mol. The van der Waals surface area contributed by atoms with Crippen LogP contribution in [0.3, 0.4) is 0 Å². The predicted octanol–water partition coefficient (Wildman–Crippen LogP) is 3.24. The van der Waals surface area contributed by atoms with Gasteiger partial charge in [-0.15, -0.1) is 0 Å². The molecule has 3 heterocycles. The van der Waals surface area contributed by atoms with Crippen LogP contribution >= 0.6 is 0 Å². The summed E-state index contributed by atoms with van der Waals surface area (Å²) in [7, 11) is 0. The fourth-order valence-corrected chi connectivity index (χ4v) is 4.25. The van der Waals surface area contributed by atoms with Crippen molar-refractivity contribution >= 4 is 0 Å². The molecule has 0 spiro atoms. The van der Waals surface area contributed by atoms with Gasteiger partial charge in [0, 0.05) is 18.6 Å². The smallest absolute Gasteiger partial charge is 0.213 e. The van der Waals surface area contributed by atoms with Gasteiger partial charge in [0.25, 0.3) is 0 Å². The van der Waals surface area contributed by atoms with Gasteiger partial charge in [-0.2, -0.15) is 4.39 Å². The normalized spacial score (nSPS) is 30.5. The molecule has 2 unspecified atom stereocenters. The van der Waals surface area contributed by atoms with Crippen molar-refractivity contribution in [2.24, 2.45) is 0 Å². The molecule has 2 atom stereocenters. The molecule has 2 saturated heterocycles. The van der Waals surface area contributed by atoms with E-state index in [1.165, 1.54) is 11.6 Å². The van der Waals surface area contributed by atoms with Crippen molar-refractivity contribution in [2.75, 3.05) is 0 Å². The maximum atomic E-state index is 13.4. The van der Waals surface area contributed by atoms with Crippen LogP contribution in [-0.2, 0) is 12.1 Å². The van der Waals surface area contributed by atoms with Crippen LogP contribution in [0, 0.1) is 5.95 Å². The molecule has 3 nitrogen and oxygen atoms in total. The maximum Gasteiger partial charge on any atom is 0.213 e. The van der Waals surface area contributed by atoms with Crippen LogP contribution in [0.2, 0.25) is 0 Å². The lowest BCUT2D eigenvalue weighted by molar-refractivity contribution is -0.0627. The molecule has 120 valence electrons. The SMILES string of the molecule is OC1(c2cccc(F)n2)CC2CCC(C1)N2Cc1ccccc1. The summed E-state index contributed by atoms with van der Waals surface area (Å²) in [5.41, 5.74) is 0.786. The number of rotatable bonds is 3. The highest BCUT2D eigenvalue weighted by Gasteiger charge is 2.48. The Hall–Kier alpha value is -1.78. The second kappa shape index (κ2) is 5.69. The summed E-state index contributed by atoms with van der Waals surface area (Å²) in [4.78, 5) is 6.44. The molecule has 23 heavy (non-hydrogen) atoms. The predicted molar refractivity (Wildman–Crippen MR) is 86.1 cm³/mol. The van der Waals surface area contributed by atoms with Gasteiger partial charge in [-0.05, 0) is 43.4 Å². The second-order valence-corrected chi connectivity index (χ2v) is 6.83. The summed E-state index contributed by atoms with van der Waals surface area (Å²) in [6.07, 6.45) is 3.45. The molecule has 0 amide bonds. The molecule has 4 heteroatoms. The van der Waals surface area contributed by atoms with Crippen molar-refractivity contribution in [3.63, 3.8) is 0 Å². The number of fused-ring (bicyclic) bond motifs is 2. The minimum atomic E-state index is -0.999. The summed E-state index contributed by atoms with van der Waals surface area (Å²) in [5, 5.41) is 11.1. The number of aromatic nitrogens is 1. The van der Waals surface area contributed by atoms with E-state index in [0.29, 0.717) is 30.6 Å². The van der Waals surface area contributed by atoms with Crippen LogP contribution < -0.4 is 0 Å². The van der Waals surface area contributed by atoms with Crippen LogP contribution in [0.1, 0.15) is 36.9 Å². The highest BCUT2D eigenvalue weighted by atomic mass is 19.1. The van der Waals surface area contributed by atoms with Crippen LogP contribution in [0.5, 0.6) is 0 Å². The Labute approximate surface area is 135 Å². The molecule has 0 aliphatic carbocycles. The zero-order valence-corrected chi connectivity index (χ0v) is 13.0. The summed E-state index contributed by atoms with van der Waals surface area (Å²) in [6.45, 7) is 0.919. The van der Waals surface area contributed by atoms with E-state index < -0.39 is 11.5 Å². The Kier molecular flexibility index (Phi) is 3.66. The molecule has 2 aliphatic rings. The van der Waals surface area contributed by atoms with E-state index in [9.17, 15) is 9.50 Å². The molecule has 1 N–H and O–H groups in total. The van der Waals surface area contributed by atoms with Crippen LogP contribution in [0.15, 0.2) is 48.5 Å². The van der Waals surface area contributed by atoms with Gasteiger partial charge in [0.15, 0.2) is 0 Å². The Morgan fingerprint density at radius 1 is 1.04 bits per heavy atom. The van der Waals surface area contributed by atoms with E-state index in [2.05, 4.69) is 34.1 Å². The first-order valence-electron chi connectivity index (χ1n) is 8.29. The van der Waals surface area contributed by atoms with E-state index in [1.54, 1.807) is 12.1 Å². The van der Waals surface area contributed by atoms with E-state index >= 15 is 0 Å². The van der Waals surface area contributed by atoms with Crippen molar-refractivity contribution < 1.29 is 9.50 Å². The van der Waals surface area contributed by atoms with Gasteiger partial charge in [-0.25, -0.2) is 4.98 Å². The molecule has 1 aromatic carbocycles. The van der Waals surface area contributed by atoms with Crippen molar-refractivity contribution in [1.29, 1.82) is 0 Å². The maximum absolute atomic E-state index is 13.4. The molecule has 0 saturated carbocycles. The standard InChI is InChI=1S/C19H21FN2O/c20-18-8-4-7-17(21-18)19(23)11-15-9-10-16(12-19)22(15)13-14-5-2-1-3-6-14/h1-8,15-16,23H,9-13H2. The van der Waals surface area contributed by atoms with Crippen LogP contribution in [0.25, 0.3) is 0 Å². The minimum Gasteiger partial charge on any atom is -0.383 e. The van der Waals surface area contributed by atoms with Gasteiger partial charge in [0.2, 0.25) is 5.95 Å². The Balaban J connectivity index is 1.55. The molecule has 0 radical (unpaired) electrons. The van der Waals surface area contributed by atoms with E-state index in [-0.39, 0.29) is 0 Å². The van der Waals surface area contributed by atoms with Crippen molar-refractivity contribution in [3.8, 4) is 0 Å². The van der Waals surface area contributed by atoms with Gasteiger partial charge in [0.05, 0.1) is 5.69 Å². The molecule has 2 aromatic rings. The first-order chi connectivity index (χ1) is 11.1. The third-order valence-electron chi connectivity index (χ3n) is 5.32. The summed E-state index contributed by atoms with van der Waals surface area (Å²) < 4.78 is 13.4. The number of halogens is 1. The Bertz CT molecular complexity index is 677. The Morgan fingerprint density at radius 2 is 1.74 bits per heavy atom. The Morgan fingerprint density at radius 3 is 2.39 bits per heavy atom. The zero-order chi connectivity index (χ0) is 15.9. The number of pyridine rings is 1. The van der Waals surface area contributed by atoms with Gasteiger partial charge < -0.3 is 5.11 Å². The van der Waals surface area contributed by atoms with E-state index in [1.807, 2.05) is 6.07 Å². The average molecular weight is 312 g/mol. The first-order valence-corrected chi connectivity index (χ1v) is 8.29. The third kappa shape index (κ3) is 2.77. The monoisotopic (exact) mass is 312 g/mol. The van der Waals surface area contributed by atoms with Crippen LogP contribution in [-0.4, -0.2) is 27.1 Å². The summed E-state index contributed by atoms with van der Waals surface area (Å²) in [6, 6.07) is 15.8. The van der Waals surface area contributed by atoms with E-state index in [4.69, 9.17) is 0 Å². The lowest BCUT2D eigenvalue weighted by Gasteiger charge is -2.43. The number of aliphatic hydroxyl groups is 1. The number of nitrogens with zero attached hydrogens (tertiary/aromatic N) is 2. The van der Waals surface area contributed by atoms with Crippen molar-refractivity contribution in [1.82, 2.24) is 9.88 Å². The van der Waals surface area contributed by atoms with E-state index in [0.717, 1.165) is 19.4 Å².